The van der Waals surface area contributed by atoms with E-state index in [4.69, 9.17) is 4.74 Å². The lowest BCUT2D eigenvalue weighted by Crippen LogP contribution is -2.07. The molecule has 0 aliphatic carbocycles. The van der Waals surface area contributed by atoms with Crippen molar-refractivity contribution in [2.75, 3.05) is 19.0 Å². The van der Waals surface area contributed by atoms with Crippen molar-refractivity contribution in [1.82, 2.24) is 10.2 Å². The summed E-state index contributed by atoms with van der Waals surface area (Å²) in [6, 6.07) is 16.1. The third-order valence-corrected chi connectivity index (χ3v) is 3.45. The zero-order valence-electron chi connectivity index (χ0n) is 11.9. The lowest BCUT2D eigenvalue weighted by Gasteiger charge is -2.10. The molecule has 0 spiro atoms. The monoisotopic (exact) mass is 279 g/mol. The molecule has 0 saturated heterocycles. The van der Waals surface area contributed by atoms with Gasteiger partial charge in [-0.2, -0.15) is 10.2 Å². The molecule has 0 bridgehead atoms. The first kappa shape index (κ1) is 13.4. The number of anilines is 1. The second-order valence-corrected chi connectivity index (χ2v) is 4.76. The summed E-state index contributed by atoms with van der Waals surface area (Å²) < 4.78 is 5.37. The fraction of sp³-hybridized carbons (Fsp3) is 0.176. The van der Waals surface area contributed by atoms with E-state index in [2.05, 4.69) is 27.6 Å². The van der Waals surface area contributed by atoms with E-state index < -0.39 is 0 Å². The Labute approximate surface area is 123 Å². The molecule has 1 N–H and O–H groups in total. The summed E-state index contributed by atoms with van der Waals surface area (Å²) in [4.78, 5) is 0. The van der Waals surface area contributed by atoms with Gasteiger partial charge in [-0.3, -0.25) is 0 Å². The van der Waals surface area contributed by atoms with Crippen molar-refractivity contribution in [3.63, 3.8) is 0 Å². The van der Waals surface area contributed by atoms with E-state index in [-0.39, 0.29) is 0 Å². The number of ether oxygens (including phenoxy) is 1. The van der Waals surface area contributed by atoms with Crippen LogP contribution in [0.15, 0.2) is 54.7 Å². The van der Waals surface area contributed by atoms with Crippen LogP contribution in [0.1, 0.15) is 5.56 Å². The predicted octanol–water partition coefficient (Wildman–Crippen LogP) is 3.29. The van der Waals surface area contributed by atoms with Crippen LogP contribution in [-0.2, 0) is 6.42 Å². The van der Waals surface area contributed by atoms with Crippen LogP contribution in [0.5, 0.6) is 5.75 Å². The Morgan fingerprint density at radius 3 is 2.76 bits per heavy atom. The number of nitrogens with one attached hydrogen (secondary N) is 1. The number of aromatic nitrogens is 2. The second kappa shape index (κ2) is 6.22. The number of benzene rings is 2. The molecule has 106 valence electrons. The van der Waals surface area contributed by atoms with Crippen molar-refractivity contribution in [2.45, 2.75) is 6.42 Å². The molecule has 4 heteroatoms. The van der Waals surface area contributed by atoms with Crippen molar-refractivity contribution in [2.24, 2.45) is 0 Å². The van der Waals surface area contributed by atoms with E-state index in [9.17, 15) is 0 Å². The van der Waals surface area contributed by atoms with Crippen molar-refractivity contribution in [3.8, 4) is 5.75 Å². The van der Waals surface area contributed by atoms with E-state index in [1.807, 2.05) is 36.4 Å². The Morgan fingerprint density at radius 2 is 1.86 bits per heavy atom. The summed E-state index contributed by atoms with van der Waals surface area (Å²) in [5.41, 5.74) is 3.11. The summed E-state index contributed by atoms with van der Waals surface area (Å²) in [5, 5.41) is 12.7. The van der Waals surface area contributed by atoms with E-state index in [1.165, 1.54) is 5.56 Å². The van der Waals surface area contributed by atoms with Gasteiger partial charge in [0, 0.05) is 11.9 Å². The van der Waals surface area contributed by atoms with Crippen LogP contribution in [0.2, 0.25) is 0 Å². The fourth-order valence-electron chi connectivity index (χ4n) is 2.39. The summed E-state index contributed by atoms with van der Waals surface area (Å²) in [6.45, 7) is 0.816. The van der Waals surface area contributed by atoms with E-state index >= 15 is 0 Å². The van der Waals surface area contributed by atoms with E-state index in [0.29, 0.717) is 0 Å². The second-order valence-electron chi connectivity index (χ2n) is 4.76. The van der Waals surface area contributed by atoms with Gasteiger partial charge in [-0.25, -0.2) is 0 Å². The Balaban J connectivity index is 1.72. The summed E-state index contributed by atoms with van der Waals surface area (Å²) in [6.07, 6.45) is 2.66. The van der Waals surface area contributed by atoms with Crippen LogP contribution in [0, 0.1) is 0 Å². The molecule has 1 heterocycles. The molecule has 0 saturated carbocycles. The van der Waals surface area contributed by atoms with Gasteiger partial charge in [-0.1, -0.05) is 36.4 Å². The molecule has 2 aromatic carbocycles. The SMILES string of the molecule is COc1ccccc1CCNc1cnnc2ccccc12. The zero-order valence-corrected chi connectivity index (χ0v) is 11.9. The molecule has 0 radical (unpaired) electrons. The molecule has 0 amide bonds. The topological polar surface area (TPSA) is 47.0 Å². The number of rotatable bonds is 5. The largest absolute Gasteiger partial charge is 0.496 e. The molecule has 3 aromatic rings. The fourth-order valence-corrected chi connectivity index (χ4v) is 2.39. The zero-order chi connectivity index (χ0) is 14.5. The molecular formula is C17H17N3O. The number of para-hydroxylation sites is 1. The van der Waals surface area contributed by atoms with Gasteiger partial charge >= 0.3 is 0 Å². The highest BCUT2D eigenvalue weighted by atomic mass is 16.5. The molecule has 0 aliphatic rings. The maximum Gasteiger partial charge on any atom is 0.122 e. The van der Waals surface area contributed by atoms with Gasteiger partial charge in [-0.15, -0.1) is 0 Å². The minimum absolute atomic E-state index is 0.816. The van der Waals surface area contributed by atoms with Crippen LogP contribution < -0.4 is 10.1 Å². The average Bonchev–Trinajstić information content (AvgIpc) is 2.55. The number of fused-ring (bicyclic) bond motifs is 1. The highest BCUT2D eigenvalue weighted by Gasteiger charge is 2.04. The van der Waals surface area contributed by atoms with E-state index in [1.54, 1.807) is 13.3 Å². The standard InChI is InChI=1S/C17H17N3O/c1-21-17-9-5-2-6-13(17)10-11-18-16-12-19-20-15-8-4-3-7-14(15)16/h2-9,12H,10-11H2,1H3,(H,18,20). The van der Waals surface area contributed by atoms with Gasteiger partial charge < -0.3 is 10.1 Å². The quantitative estimate of drug-likeness (QED) is 0.778. The Kier molecular flexibility index (Phi) is 3.96. The third-order valence-electron chi connectivity index (χ3n) is 3.45. The van der Waals surface area contributed by atoms with Gasteiger partial charge in [0.25, 0.3) is 0 Å². The number of methoxy groups -OCH3 is 1. The summed E-state index contributed by atoms with van der Waals surface area (Å²) in [7, 11) is 1.70. The lowest BCUT2D eigenvalue weighted by atomic mass is 10.1. The predicted molar refractivity (Wildman–Crippen MR) is 84.7 cm³/mol. The third kappa shape index (κ3) is 2.94. The number of hydrogen-bond donors (Lipinski definition) is 1. The van der Waals surface area contributed by atoms with Crippen molar-refractivity contribution in [3.05, 3.63) is 60.3 Å². The van der Waals surface area contributed by atoms with E-state index in [0.717, 1.165) is 35.3 Å². The van der Waals surface area contributed by atoms with Crippen molar-refractivity contribution in [1.29, 1.82) is 0 Å². The lowest BCUT2D eigenvalue weighted by molar-refractivity contribution is 0.410. The van der Waals surface area contributed by atoms with Gasteiger partial charge in [0.15, 0.2) is 0 Å². The molecule has 4 nitrogen and oxygen atoms in total. The summed E-state index contributed by atoms with van der Waals surface area (Å²) in [5.74, 6) is 0.928. The number of nitrogens with zero attached hydrogens (tertiary/aromatic N) is 2. The van der Waals surface area contributed by atoms with Crippen LogP contribution in [0.4, 0.5) is 5.69 Å². The van der Waals surface area contributed by atoms with Gasteiger partial charge in [-0.05, 0) is 24.1 Å². The Morgan fingerprint density at radius 1 is 1.05 bits per heavy atom. The van der Waals surface area contributed by atoms with Gasteiger partial charge in [0.1, 0.15) is 5.75 Å². The first-order chi connectivity index (χ1) is 10.4. The average molecular weight is 279 g/mol. The molecular weight excluding hydrogens is 262 g/mol. The highest BCUT2D eigenvalue weighted by Crippen LogP contribution is 2.21. The van der Waals surface area contributed by atoms with Gasteiger partial charge in [0.2, 0.25) is 0 Å². The molecule has 0 fully saturated rings. The molecule has 0 unspecified atom stereocenters. The maximum absolute atomic E-state index is 5.37. The molecule has 0 atom stereocenters. The molecule has 0 aliphatic heterocycles. The van der Waals surface area contributed by atoms with Crippen LogP contribution in [0.25, 0.3) is 10.9 Å². The Bertz CT molecular complexity index is 737. The smallest absolute Gasteiger partial charge is 0.122 e. The van der Waals surface area contributed by atoms with Crippen LogP contribution in [0.3, 0.4) is 0 Å². The minimum Gasteiger partial charge on any atom is -0.496 e. The van der Waals surface area contributed by atoms with Crippen molar-refractivity contribution < 1.29 is 4.74 Å². The number of hydrogen-bond acceptors (Lipinski definition) is 4. The van der Waals surface area contributed by atoms with Gasteiger partial charge in [0.05, 0.1) is 24.5 Å². The summed E-state index contributed by atoms with van der Waals surface area (Å²) >= 11 is 0. The molecule has 3 rings (SSSR count). The first-order valence-electron chi connectivity index (χ1n) is 6.94. The Hall–Kier alpha value is -2.62. The minimum atomic E-state index is 0.816. The highest BCUT2D eigenvalue weighted by molar-refractivity contribution is 5.90. The normalized spacial score (nSPS) is 10.5. The molecule has 1 aromatic heterocycles. The van der Waals surface area contributed by atoms with Crippen LogP contribution >= 0.6 is 0 Å². The van der Waals surface area contributed by atoms with Crippen molar-refractivity contribution >= 4 is 16.6 Å². The first-order valence-corrected chi connectivity index (χ1v) is 6.94. The van der Waals surface area contributed by atoms with Crippen LogP contribution in [-0.4, -0.2) is 23.9 Å². The molecule has 21 heavy (non-hydrogen) atoms. The maximum atomic E-state index is 5.37.